The van der Waals surface area contributed by atoms with Crippen LogP contribution in [0, 0.1) is 17.1 Å². The predicted molar refractivity (Wildman–Crippen MR) is 48.7 cm³/mol. The highest BCUT2D eigenvalue weighted by molar-refractivity contribution is 5.67. The Morgan fingerprint density at radius 2 is 2.21 bits per heavy atom. The van der Waals surface area contributed by atoms with Gasteiger partial charge < -0.3 is 0 Å². The molecule has 3 nitrogen and oxygen atoms in total. The molecule has 1 aromatic carbocycles. The van der Waals surface area contributed by atoms with E-state index in [2.05, 4.69) is 10.2 Å². The summed E-state index contributed by atoms with van der Waals surface area (Å²) in [5.74, 6) is -0.514. The van der Waals surface area contributed by atoms with Crippen molar-refractivity contribution in [3.63, 3.8) is 0 Å². The number of hydrogen-bond acceptors (Lipinski definition) is 2. The summed E-state index contributed by atoms with van der Waals surface area (Å²) in [6.45, 7) is 0. The Hall–Kier alpha value is -2.15. The van der Waals surface area contributed by atoms with E-state index in [0.717, 1.165) is 0 Å². The van der Waals surface area contributed by atoms with Crippen molar-refractivity contribution in [3.8, 4) is 17.3 Å². The molecular weight excluding hydrogens is 181 g/mol. The summed E-state index contributed by atoms with van der Waals surface area (Å²) in [6.07, 6.45) is 1.56. The average molecular weight is 187 g/mol. The molecular formula is C10H6FN3. The second kappa shape index (κ2) is 3.30. The molecule has 4 heteroatoms. The fourth-order valence-corrected chi connectivity index (χ4v) is 1.27. The maximum absolute atomic E-state index is 13.2. The smallest absolute Gasteiger partial charge is 0.141 e. The molecule has 0 aliphatic carbocycles. The van der Waals surface area contributed by atoms with E-state index in [1.807, 2.05) is 6.07 Å². The van der Waals surface area contributed by atoms with Gasteiger partial charge in [-0.25, -0.2) is 4.39 Å². The summed E-state index contributed by atoms with van der Waals surface area (Å²) in [5.41, 5.74) is 1.21. The average Bonchev–Trinajstić information content (AvgIpc) is 2.70. The lowest BCUT2D eigenvalue weighted by atomic mass is 10.1. The van der Waals surface area contributed by atoms with Crippen molar-refractivity contribution in [2.24, 2.45) is 0 Å². The summed E-state index contributed by atoms with van der Waals surface area (Å²) >= 11 is 0. The van der Waals surface area contributed by atoms with Crippen molar-refractivity contribution >= 4 is 0 Å². The fraction of sp³-hybridized carbons (Fsp3) is 0. The van der Waals surface area contributed by atoms with E-state index in [4.69, 9.17) is 5.26 Å². The van der Waals surface area contributed by atoms with Gasteiger partial charge >= 0.3 is 0 Å². The van der Waals surface area contributed by atoms with Crippen molar-refractivity contribution < 1.29 is 4.39 Å². The molecule has 0 saturated carbocycles. The van der Waals surface area contributed by atoms with E-state index in [1.165, 1.54) is 6.07 Å². The summed E-state index contributed by atoms with van der Waals surface area (Å²) in [4.78, 5) is 0. The van der Waals surface area contributed by atoms with Crippen LogP contribution >= 0.6 is 0 Å². The Morgan fingerprint density at radius 1 is 1.36 bits per heavy atom. The van der Waals surface area contributed by atoms with Crippen LogP contribution in [-0.4, -0.2) is 10.2 Å². The second-order valence-corrected chi connectivity index (χ2v) is 2.74. The van der Waals surface area contributed by atoms with Gasteiger partial charge in [-0.1, -0.05) is 12.1 Å². The van der Waals surface area contributed by atoms with Gasteiger partial charge in [0.2, 0.25) is 0 Å². The molecule has 2 aromatic rings. The van der Waals surface area contributed by atoms with Crippen LogP contribution in [0.25, 0.3) is 11.3 Å². The molecule has 0 amide bonds. The van der Waals surface area contributed by atoms with Crippen molar-refractivity contribution in [3.05, 3.63) is 41.8 Å². The van der Waals surface area contributed by atoms with Gasteiger partial charge in [0.05, 0.1) is 11.3 Å². The zero-order chi connectivity index (χ0) is 9.97. The topological polar surface area (TPSA) is 52.5 Å². The van der Waals surface area contributed by atoms with Crippen molar-refractivity contribution in [1.29, 1.82) is 5.26 Å². The number of aromatic amines is 1. The number of hydrogen-bond donors (Lipinski definition) is 1. The third kappa shape index (κ3) is 1.25. The maximum atomic E-state index is 13.2. The summed E-state index contributed by atoms with van der Waals surface area (Å²) in [7, 11) is 0. The Bertz CT molecular complexity index is 483. The third-order valence-corrected chi connectivity index (χ3v) is 1.92. The number of nitrogens with one attached hydrogen (secondary N) is 1. The summed E-state index contributed by atoms with van der Waals surface area (Å²) < 4.78 is 13.2. The van der Waals surface area contributed by atoms with Gasteiger partial charge in [0.15, 0.2) is 0 Å². The molecule has 0 radical (unpaired) electrons. The van der Waals surface area contributed by atoms with Crippen LogP contribution in [0.4, 0.5) is 4.39 Å². The number of H-pyrrole nitrogens is 1. The molecule has 1 heterocycles. The maximum Gasteiger partial charge on any atom is 0.141 e. The minimum atomic E-state index is -0.514. The molecule has 1 aromatic heterocycles. The normalized spacial score (nSPS) is 9.71. The number of nitrogens with zero attached hydrogens (tertiary/aromatic N) is 2. The third-order valence-electron chi connectivity index (χ3n) is 1.92. The Kier molecular flexibility index (Phi) is 1.99. The lowest BCUT2D eigenvalue weighted by Gasteiger charge is -2.00. The molecule has 0 spiro atoms. The monoisotopic (exact) mass is 187 g/mol. The molecule has 1 N–H and O–H groups in total. The number of rotatable bonds is 1. The highest BCUT2D eigenvalue weighted by Crippen LogP contribution is 2.22. The lowest BCUT2D eigenvalue weighted by molar-refractivity contribution is 0.624. The van der Waals surface area contributed by atoms with Crippen molar-refractivity contribution in [2.75, 3.05) is 0 Å². The molecule has 68 valence electrons. The number of nitriles is 1. The van der Waals surface area contributed by atoms with Gasteiger partial charge in [-0.15, -0.1) is 0 Å². The van der Waals surface area contributed by atoms with Crippen molar-refractivity contribution in [2.45, 2.75) is 0 Å². The number of benzene rings is 1. The van der Waals surface area contributed by atoms with Gasteiger partial charge in [0.1, 0.15) is 11.9 Å². The largest absolute Gasteiger partial charge is 0.278 e. The van der Waals surface area contributed by atoms with Gasteiger partial charge in [0, 0.05) is 11.8 Å². The van der Waals surface area contributed by atoms with E-state index < -0.39 is 5.82 Å². The van der Waals surface area contributed by atoms with E-state index in [9.17, 15) is 4.39 Å². The second-order valence-electron chi connectivity index (χ2n) is 2.74. The van der Waals surface area contributed by atoms with Crippen molar-refractivity contribution in [1.82, 2.24) is 10.2 Å². The first-order valence-corrected chi connectivity index (χ1v) is 4.01. The van der Waals surface area contributed by atoms with Crippen LogP contribution < -0.4 is 0 Å². The van der Waals surface area contributed by atoms with Gasteiger partial charge in [0.25, 0.3) is 0 Å². The highest BCUT2D eigenvalue weighted by atomic mass is 19.1. The number of aromatic nitrogens is 2. The summed E-state index contributed by atoms with van der Waals surface area (Å²) in [6, 6.07) is 8.02. The van der Waals surface area contributed by atoms with Crippen LogP contribution in [0.3, 0.4) is 0 Å². The van der Waals surface area contributed by atoms with E-state index in [-0.39, 0.29) is 5.56 Å². The highest BCUT2D eigenvalue weighted by Gasteiger charge is 2.09. The molecule has 0 aliphatic rings. The first-order chi connectivity index (χ1) is 6.83. The Morgan fingerprint density at radius 3 is 2.86 bits per heavy atom. The predicted octanol–water partition coefficient (Wildman–Crippen LogP) is 2.09. The fourth-order valence-electron chi connectivity index (χ4n) is 1.27. The molecule has 0 fully saturated rings. The molecule has 14 heavy (non-hydrogen) atoms. The molecule has 0 unspecified atom stereocenters. The van der Waals surface area contributed by atoms with Gasteiger partial charge in [-0.2, -0.15) is 10.4 Å². The quantitative estimate of drug-likeness (QED) is 0.743. The first kappa shape index (κ1) is 8.45. The SMILES string of the molecule is N#Cc1c(F)cccc1-c1ccn[nH]1. The van der Waals surface area contributed by atoms with Gasteiger partial charge in [-0.05, 0) is 12.1 Å². The summed E-state index contributed by atoms with van der Waals surface area (Å²) in [5, 5.41) is 15.2. The molecule has 0 saturated heterocycles. The number of halogens is 1. The lowest BCUT2D eigenvalue weighted by Crippen LogP contribution is -1.89. The van der Waals surface area contributed by atoms with Crippen LogP contribution in [0.5, 0.6) is 0 Å². The minimum absolute atomic E-state index is 0.0387. The van der Waals surface area contributed by atoms with Gasteiger partial charge in [-0.3, -0.25) is 5.10 Å². The van der Waals surface area contributed by atoms with Crippen LogP contribution in [0.15, 0.2) is 30.5 Å². The zero-order valence-corrected chi connectivity index (χ0v) is 7.16. The zero-order valence-electron chi connectivity index (χ0n) is 7.16. The van der Waals surface area contributed by atoms with E-state index >= 15 is 0 Å². The van der Waals surface area contributed by atoms with Crippen LogP contribution in [0.1, 0.15) is 5.56 Å². The standard InChI is InChI=1S/C10H6FN3/c11-9-3-1-2-7(8(9)6-12)10-4-5-13-14-10/h1-5H,(H,13,14). The Labute approximate surface area is 79.8 Å². The molecule has 0 atom stereocenters. The van der Waals surface area contributed by atoms with E-state index in [1.54, 1.807) is 24.4 Å². The molecule has 2 rings (SSSR count). The molecule has 0 aliphatic heterocycles. The molecule has 0 bridgehead atoms. The Balaban J connectivity index is 2.66. The minimum Gasteiger partial charge on any atom is -0.278 e. The van der Waals surface area contributed by atoms with E-state index in [0.29, 0.717) is 11.3 Å². The van der Waals surface area contributed by atoms with Crippen LogP contribution in [-0.2, 0) is 0 Å². The first-order valence-electron chi connectivity index (χ1n) is 4.01. The van der Waals surface area contributed by atoms with Crippen LogP contribution in [0.2, 0.25) is 0 Å².